The molecule has 0 fully saturated rings. The zero-order chi connectivity index (χ0) is 23.8. The number of methoxy groups -OCH3 is 2. The zero-order valence-electron chi connectivity index (χ0n) is 19.0. The predicted molar refractivity (Wildman–Crippen MR) is 133 cm³/mol. The molecule has 174 valence electrons. The number of hydrogen-bond donors (Lipinski definition) is 0. The fourth-order valence-electron chi connectivity index (χ4n) is 3.85. The van der Waals surface area contributed by atoms with E-state index in [1.807, 2.05) is 55.0 Å². The summed E-state index contributed by atoms with van der Waals surface area (Å²) in [7, 11) is 3.20. The summed E-state index contributed by atoms with van der Waals surface area (Å²) in [5, 5.41) is 5.71. The van der Waals surface area contributed by atoms with E-state index in [4.69, 9.17) is 18.6 Å². The minimum Gasteiger partial charge on any atom is -0.496 e. The molecule has 0 saturated heterocycles. The number of ether oxygens (including phenoxy) is 3. The zero-order valence-corrected chi connectivity index (χ0v) is 19.8. The van der Waals surface area contributed by atoms with E-state index < -0.39 is 0 Å². The molecule has 0 bridgehead atoms. The third-order valence-corrected chi connectivity index (χ3v) is 6.44. The normalized spacial score (nSPS) is 11.3. The van der Waals surface area contributed by atoms with Gasteiger partial charge in [-0.2, -0.15) is 0 Å². The van der Waals surface area contributed by atoms with Crippen molar-refractivity contribution in [2.75, 3.05) is 14.2 Å². The van der Waals surface area contributed by atoms with Crippen molar-refractivity contribution in [3.8, 4) is 39.3 Å². The Morgan fingerprint density at radius 2 is 1.86 bits per heavy atom. The van der Waals surface area contributed by atoms with Crippen LogP contribution in [0.3, 0.4) is 0 Å². The van der Waals surface area contributed by atoms with E-state index in [2.05, 4.69) is 33.3 Å². The lowest BCUT2D eigenvalue weighted by atomic mass is 10.1. The van der Waals surface area contributed by atoms with Crippen LogP contribution < -0.4 is 14.2 Å². The number of furan rings is 1. The van der Waals surface area contributed by atoms with Gasteiger partial charge in [0.15, 0.2) is 5.76 Å². The van der Waals surface area contributed by atoms with Gasteiger partial charge >= 0.3 is 0 Å². The number of pyridine rings is 1. The summed E-state index contributed by atoms with van der Waals surface area (Å²) in [6, 6.07) is 17.8. The van der Waals surface area contributed by atoms with Crippen molar-refractivity contribution in [1.29, 1.82) is 0 Å². The minimum absolute atomic E-state index is 0.348. The van der Waals surface area contributed by atoms with Crippen LogP contribution in [0.1, 0.15) is 5.56 Å². The second kappa shape index (κ2) is 8.77. The fourth-order valence-corrected chi connectivity index (χ4v) is 4.54. The molecule has 0 saturated carbocycles. The minimum atomic E-state index is 0.348. The van der Waals surface area contributed by atoms with Gasteiger partial charge in [0.1, 0.15) is 29.4 Å². The standard InChI is InChI=1S/C26H20N4O4S/c1-31-19-9-22(33-15-16-8-18(13-27-12-16)17-6-4-3-5-7-17)20-11-24(34-23(20)10-19)21-14-30-25(28-21)35-26(29-30)32-2/h3-14H,15H2,1-2H3. The number of imidazole rings is 1. The molecule has 0 aliphatic rings. The van der Waals surface area contributed by atoms with Crippen LogP contribution in [0.5, 0.6) is 16.7 Å². The molecule has 0 aliphatic carbocycles. The molecule has 6 rings (SSSR count). The molecule has 0 atom stereocenters. The van der Waals surface area contributed by atoms with E-state index in [0.29, 0.717) is 40.3 Å². The molecular weight excluding hydrogens is 464 g/mol. The fraction of sp³-hybridized carbons (Fsp3) is 0.115. The molecule has 4 aromatic heterocycles. The van der Waals surface area contributed by atoms with Crippen molar-refractivity contribution < 1.29 is 18.6 Å². The van der Waals surface area contributed by atoms with E-state index in [-0.39, 0.29) is 0 Å². The lowest BCUT2D eigenvalue weighted by Gasteiger charge is -2.10. The van der Waals surface area contributed by atoms with Crippen LogP contribution in [0.15, 0.2) is 77.6 Å². The highest BCUT2D eigenvalue weighted by molar-refractivity contribution is 7.18. The Kier molecular flexibility index (Phi) is 5.31. The SMILES string of the molecule is COc1cc(OCc2cncc(-c3ccccc3)c2)c2cc(-c3cn4nc(OC)sc4n3)oc2c1. The summed E-state index contributed by atoms with van der Waals surface area (Å²) in [4.78, 5) is 9.73. The summed E-state index contributed by atoms with van der Waals surface area (Å²) in [5.41, 5.74) is 4.43. The van der Waals surface area contributed by atoms with Gasteiger partial charge in [-0.1, -0.05) is 30.3 Å². The maximum absolute atomic E-state index is 6.23. The maximum atomic E-state index is 6.23. The molecule has 35 heavy (non-hydrogen) atoms. The molecular formula is C26H20N4O4S. The Balaban J connectivity index is 1.31. The Labute approximate surface area is 204 Å². The van der Waals surface area contributed by atoms with Gasteiger partial charge in [-0.05, 0) is 29.0 Å². The van der Waals surface area contributed by atoms with Gasteiger partial charge in [-0.15, -0.1) is 5.10 Å². The molecule has 0 amide bonds. The predicted octanol–water partition coefficient (Wildman–Crippen LogP) is 5.86. The summed E-state index contributed by atoms with van der Waals surface area (Å²) < 4.78 is 24.7. The van der Waals surface area contributed by atoms with Gasteiger partial charge in [0.25, 0.3) is 5.19 Å². The summed E-state index contributed by atoms with van der Waals surface area (Å²) in [6.07, 6.45) is 5.47. The molecule has 8 nitrogen and oxygen atoms in total. The number of fused-ring (bicyclic) bond motifs is 2. The number of aromatic nitrogens is 4. The smallest absolute Gasteiger partial charge is 0.294 e. The number of benzene rings is 2. The van der Waals surface area contributed by atoms with Gasteiger partial charge < -0.3 is 18.6 Å². The first-order valence-corrected chi connectivity index (χ1v) is 11.7. The van der Waals surface area contributed by atoms with Gasteiger partial charge in [-0.25, -0.2) is 9.50 Å². The van der Waals surface area contributed by atoms with E-state index in [0.717, 1.165) is 27.0 Å². The van der Waals surface area contributed by atoms with E-state index in [1.165, 1.54) is 11.3 Å². The quantitative estimate of drug-likeness (QED) is 0.280. The van der Waals surface area contributed by atoms with Crippen molar-refractivity contribution in [1.82, 2.24) is 19.6 Å². The molecule has 0 radical (unpaired) electrons. The maximum Gasteiger partial charge on any atom is 0.294 e. The summed E-state index contributed by atoms with van der Waals surface area (Å²) in [5.74, 6) is 1.91. The van der Waals surface area contributed by atoms with Gasteiger partial charge in [-0.3, -0.25) is 4.98 Å². The van der Waals surface area contributed by atoms with Crippen LogP contribution in [0.25, 0.3) is 38.5 Å². The lowest BCUT2D eigenvalue weighted by Crippen LogP contribution is -1.97. The van der Waals surface area contributed by atoms with Crippen molar-refractivity contribution in [2.24, 2.45) is 0 Å². The largest absolute Gasteiger partial charge is 0.496 e. The number of hydrogen-bond acceptors (Lipinski definition) is 8. The molecule has 6 aromatic rings. The van der Waals surface area contributed by atoms with Crippen LogP contribution in [0, 0.1) is 0 Å². The summed E-state index contributed by atoms with van der Waals surface area (Å²) >= 11 is 1.36. The van der Waals surface area contributed by atoms with Crippen LogP contribution in [0.2, 0.25) is 0 Å². The monoisotopic (exact) mass is 484 g/mol. The number of rotatable bonds is 7. The van der Waals surface area contributed by atoms with Crippen LogP contribution in [-0.4, -0.2) is 33.8 Å². The number of nitrogens with zero attached hydrogens (tertiary/aromatic N) is 4. The highest BCUT2D eigenvalue weighted by Crippen LogP contribution is 2.37. The first kappa shape index (κ1) is 21.2. The average molecular weight is 485 g/mol. The highest BCUT2D eigenvalue weighted by Gasteiger charge is 2.17. The van der Waals surface area contributed by atoms with Crippen molar-refractivity contribution in [3.63, 3.8) is 0 Å². The second-order valence-electron chi connectivity index (χ2n) is 7.81. The molecule has 0 aliphatic heterocycles. The Morgan fingerprint density at radius 1 is 0.971 bits per heavy atom. The molecule has 4 heterocycles. The van der Waals surface area contributed by atoms with Crippen molar-refractivity contribution in [3.05, 3.63) is 78.8 Å². The average Bonchev–Trinajstić information content (AvgIpc) is 3.60. The molecule has 0 unspecified atom stereocenters. The highest BCUT2D eigenvalue weighted by atomic mass is 32.1. The molecule has 0 N–H and O–H groups in total. The lowest BCUT2D eigenvalue weighted by molar-refractivity contribution is 0.307. The Morgan fingerprint density at radius 3 is 2.66 bits per heavy atom. The Bertz CT molecular complexity index is 1610. The van der Waals surface area contributed by atoms with E-state index in [1.54, 1.807) is 18.7 Å². The van der Waals surface area contributed by atoms with E-state index >= 15 is 0 Å². The third kappa shape index (κ3) is 4.06. The van der Waals surface area contributed by atoms with E-state index in [9.17, 15) is 0 Å². The van der Waals surface area contributed by atoms with Crippen LogP contribution in [0.4, 0.5) is 0 Å². The van der Waals surface area contributed by atoms with Crippen LogP contribution >= 0.6 is 11.3 Å². The third-order valence-electron chi connectivity index (χ3n) is 5.56. The molecule has 9 heteroatoms. The topological polar surface area (TPSA) is 83.9 Å². The van der Waals surface area contributed by atoms with Crippen molar-refractivity contribution in [2.45, 2.75) is 6.61 Å². The second-order valence-corrected chi connectivity index (χ2v) is 8.73. The van der Waals surface area contributed by atoms with Gasteiger partial charge in [0.2, 0.25) is 4.96 Å². The Hall–Kier alpha value is -4.37. The summed E-state index contributed by atoms with van der Waals surface area (Å²) in [6.45, 7) is 0.348. The first-order chi connectivity index (χ1) is 17.2. The van der Waals surface area contributed by atoms with Crippen molar-refractivity contribution >= 4 is 27.3 Å². The van der Waals surface area contributed by atoms with Gasteiger partial charge in [0.05, 0.1) is 25.8 Å². The molecule has 0 spiro atoms. The van der Waals surface area contributed by atoms with Crippen LogP contribution in [-0.2, 0) is 6.61 Å². The first-order valence-electron chi connectivity index (χ1n) is 10.8. The molecule has 2 aromatic carbocycles. The van der Waals surface area contributed by atoms with Gasteiger partial charge in [0, 0.05) is 35.7 Å².